The summed E-state index contributed by atoms with van der Waals surface area (Å²) in [4.78, 5) is 4.21. The van der Waals surface area contributed by atoms with Crippen LogP contribution in [0.25, 0.3) is 0 Å². The lowest BCUT2D eigenvalue weighted by molar-refractivity contribution is -0.0164. The molecule has 1 aromatic heterocycles. The Kier molecular flexibility index (Phi) is 3.45. The topological polar surface area (TPSA) is 22.1 Å². The number of halogens is 1. The van der Waals surface area contributed by atoms with Crippen LogP contribution in [-0.2, 0) is 11.3 Å². The lowest BCUT2D eigenvalue weighted by atomic mass is 10.2. The highest BCUT2D eigenvalue weighted by molar-refractivity contribution is 9.10. The van der Waals surface area contributed by atoms with E-state index in [0.717, 1.165) is 10.2 Å². The van der Waals surface area contributed by atoms with E-state index in [4.69, 9.17) is 4.74 Å². The van der Waals surface area contributed by atoms with Gasteiger partial charge in [0, 0.05) is 10.7 Å². The highest BCUT2D eigenvalue weighted by Crippen LogP contribution is 2.12. The van der Waals surface area contributed by atoms with Gasteiger partial charge in [-0.25, -0.2) is 0 Å². The fourth-order valence-electron chi connectivity index (χ4n) is 0.782. The summed E-state index contributed by atoms with van der Waals surface area (Å²) in [5, 5.41) is 0. The number of nitrogens with zero attached hydrogens (tertiary/aromatic N) is 1. The van der Waals surface area contributed by atoms with E-state index in [1.807, 2.05) is 32.9 Å². The molecule has 0 saturated heterocycles. The van der Waals surface area contributed by atoms with Gasteiger partial charge in [-0.15, -0.1) is 0 Å². The molecule has 1 rings (SSSR count). The van der Waals surface area contributed by atoms with Gasteiger partial charge in [-0.05, 0) is 48.8 Å². The second-order valence-electron chi connectivity index (χ2n) is 3.87. The van der Waals surface area contributed by atoms with Crippen LogP contribution in [0.4, 0.5) is 0 Å². The second-order valence-corrected chi connectivity index (χ2v) is 4.78. The van der Waals surface area contributed by atoms with Crippen LogP contribution in [0, 0.1) is 0 Å². The lowest BCUT2D eigenvalue weighted by Crippen LogP contribution is -2.18. The van der Waals surface area contributed by atoms with Crippen LogP contribution >= 0.6 is 15.9 Å². The molecular formula is C10H14BrNO. The predicted molar refractivity (Wildman–Crippen MR) is 56.5 cm³/mol. The van der Waals surface area contributed by atoms with Crippen LogP contribution in [0.3, 0.4) is 0 Å². The summed E-state index contributed by atoms with van der Waals surface area (Å²) < 4.78 is 6.57. The standard InChI is InChI=1S/C10H14BrNO/c1-10(2,3)13-7-9-5-4-8(11)6-12-9/h4-6H,7H2,1-3H3. The average molecular weight is 244 g/mol. The van der Waals surface area contributed by atoms with E-state index < -0.39 is 0 Å². The second kappa shape index (κ2) is 4.20. The number of aromatic nitrogens is 1. The van der Waals surface area contributed by atoms with E-state index >= 15 is 0 Å². The molecule has 2 nitrogen and oxygen atoms in total. The van der Waals surface area contributed by atoms with E-state index in [2.05, 4.69) is 20.9 Å². The first-order chi connectivity index (χ1) is 5.97. The molecule has 0 unspecified atom stereocenters. The zero-order valence-corrected chi connectivity index (χ0v) is 9.76. The summed E-state index contributed by atoms with van der Waals surface area (Å²) in [5.41, 5.74) is 0.854. The van der Waals surface area contributed by atoms with Crippen molar-refractivity contribution >= 4 is 15.9 Å². The van der Waals surface area contributed by atoms with Crippen LogP contribution in [0.5, 0.6) is 0 Å². The monoisotopic (exact) mass is 243 g/mol. The number of hydrogen-bond donors (Lipinski definition) is 0. The van der Waals surface area contributed by atoms with Crippen LogP contribution in [0.15, 0.2) is 22.8 Å². The Labute approximate surface area is 87.5 Å². The van der Waals surface area contributed by atoms with Gasteiger partial charge in [0.15, 0.2) is 0 Å². The van der Waals surface area contributed by atoms with E-state index in [-0.39, 0.29) is 5.60 Å². The van der Waals surface area contributed by atoms with Gasteiger partial charge in [0.05, 0.1) is 17.9 Å². The molecule has 0 atom stereocenters. The molecule has 0 bridgehead atoms. The largest absolute Gasteiger partial charge is 0.370 e. The lowest BCUT2D eigenvalue weighted by Gasteiger charge is -2.18. The molecule has 0 aromatic carbocycles. The van der Waals surface area contributed by atoms with Crippen molar-refractivity contribution in [2.75, 3.05) is 0 Å². The third kappa shape index (κ3) is 4.39. The number of hydrogen-bond acceptors (Lipinski definition) is 2. The van der Waals surface area contributed by atoms with E-state index in [9.17, 15) is 0 Å². The van der Waals surface area contributed by atoms with Gasteiger partial charge in [-0.2, -0.15) is 0 Å². The molecule has 0 aliphatic rings. The first-order valence-corrected chi connectivity index (χ1v) is 5.01. The van der Waals surface area contributed by atoms with Crippen molar-refractivity contribution in [2.24, 2.45) is 0 Å². The van der Waals surface area contributed by atoms with Crippen molar-refractivity contribution in [1.29, 1.82) is 0 Å². The molecule has 0 amide bonds. The molecule has 3 heteroatoms. The zero-order valence-electron chi connectivity index (χ0n) is 8.17. The minimum Gasteiger partial charge on any atom is -0.370 e. The van der Waals surface area contributed by atoms with E-state index in [0.29, 0.717) is 6.61 Å². The smallest absolute Gasteiger partial charge is 0.0894 e. The highest BCUT2D eigenvalue weighted by Gasteiger charge is 2.10. The Morgan fingerprint density at radius 1 is 1.38 bits per heavy atom. The maximum atomic E-state index is 5.58. The third-order valence-corrected chi connectivity index (χ3v) is 1.91. The fraction of sp³-hybridized carbons (Fsp3) is 0.500. The summed E-state index contributed by atoms with van der Waals surface area (Å²) >= 11 is 3.33. The normalized spacial score (nSPS) is 11.7. The summed E-state index contributed by atoms with van der Waals surface area (Å²) in [6, 6.07) is 3.92. The van der Waals surface area contributed by atoms with Gasteiger partial charge < -0.3 is 4.74 Å². The first-order valence-electron chi connectivity index (χ1n) is 4.22. The molecule has 1 aromatic rings. The van der Waals surface area contributed by atoms with Crippen molar-refractivity contribution in [3.05, 3.63) is 28.5 Å². The third-order valence-electron chi connectivity index (χ3n) is 1.44. The van der Waals surface area contributed by atoms with Crippen LogP contribution < -0.4 is 0 Å². The van der Waals surface area contributed by atoms with Crippen molar-refractivity contribution in [3.8, 4) is 0 Å². The van der Waals surface area contributed by atoms with Gasteiger partial charge in [0.25, 0.3) is 0 Å². The summed E-state index contributed by atoms with van der Waals surface area (Å²) in [7, 11) is 0. The Bertz CT molecular complexity index is 263. The van der Waals surface area contributed by atoms with Gasteiger partial charge in [0.1, 0.15) is 0 Å². The van der Waals surface area contributed by atoms with E-state index in [1.165, 1.54) is 0 Å². The molecule has 0 fully saturated rings. The maximum absolute atomic E-state index is 5.58. The van der Waals surface area contributed by atoms with Crippen molar-refractivity contribution in [1.82, 2.24) is 4.98 Å². The van der Waals surface area contributed by atoms with Crippen molar-refractivity contribution < 1.29 is 4.74 Å². The SMILES string of the molecule is CC(C)(C)OCc1ccc(Br)cn1. The molecule has 72 valence electrons. The molecule has 0 N–H and O–H groups in total. The van der Waals surface area contributed by atoms with Crippen molar-refractivity contribution in [2.45, 2.75) is 33.0 Å². The number of ether oxygens (including phenoxy) is 1. The maximum Gasteiger partial charge on any atom is 0.0894 e. The highest BCUT2D eigenvalue weighted by atomic mass is 79.9. The molecule has 0 saturated carbocycles. The molecule has 0 aliphatic heterocycles. The van der Waals surface area contributed by atoms with Crippen molar-refractivity contribution in [3.63, 3.8) is 0 Å². The molecular weight excluding hydrogens is 230 g/mol. The first kappa shape index (κ1) is 10.7. The van der Waals surface area contributed by atoms with Crippen LogP contribution in [0.2, 0.25) is 0 Å². The quantitative estimate of drug-likeness (QED) is 0.797. The molecule has 0 aliphatic carbocycles. The predicted octanol–water partition coefficient (Wildman–Crippen LogP) is 3.16. The van der Waals surface area contributed by atoms with Gasteiger partial charge >= 0.3 is 0 Å². The number of pyridine rings is 1. The Balaban J connectivity index is 2.51. The Hall–Kier alpha value is -0.410. The van der Waals surface area contributed by atoms with E-state index in [1.54, 1.807) is 6.20 Å². The molecule has 0 spiro atoms. The zero-order chi connectivity index (χ0) is 9.90. The fourth-order valence-corrected chi connectivity index (χ4v) is 1.02. The van der Waals surface area contributed by atoms with Gasteiger partial charge in [0.2, 0.25) is 0 Å². The minimum atomic E-state index is -0.102. The summed E-state index contributed by atoms with van der Waals surface area (Å²) in [6.07, 6.45) is 1.78. The Morgan fingerprint density at radius 2 is 2.08 bits per heavy atom. The molecule has 13 heavy (non-hydrogen) atoms. The molecule has 0 radical (unpaired) electrons. The van der Waals surface area contributed by atoms with Crippen LogP contribution in [0.1, 0.15) is 26.5 Å². The minimum absolute atomic E-state index is 0.102. The molecule has 1 heterocycles. The van der Waals surface area contributed by atoms with Gasteiger partial charge in [-0.1, -0.05) is 0 Å². The number of rotatable bonds is 2. The van der Waals surface area contributed by atoms with Gasteiger partial charge in [-0.3, -0.25) is 4.98 Å². The Morgan fingerprint density at radius 3 is 2.54 bits per heavy atom. The summed E-state index contributed by atoms with van der Waals surface area (Å²) in [5.74, 6) is 0. The van der Waals surface area contributed by atoms with Crippen LogP contribution in [-0.4, -0.2) is 10.6 Å². The average Bonchev–Trinajstić information content (AvgIpc) is 2.02. The summed E-state index contributed by atoms with van der Waals surface area (Å²) in [6.45, 7) is 6.67.